The minimum atomic E-state index is 0.534. The van der Waals surface area contributed by atoms with Gasteiger partial charge in [-0.05, 0) is 31.6 Å². The van der Waals surface area contributed by atoms with Gasteiger partial charge in [0, 0.05) is 6.42 Å². The molecule has 1 aliphatic carbocycles. The molecule has 2 N–H and O–H groups in total. The molecule has 0 spiro atoms. The van der Waals surface area contributed by atoms with Gasteiger partial charge in [-0.2, -0.15) is 0 Å². The average Bonchev–Trinajstić information content (AvgIpc) is 2.36. The molecule has 0 amide bonds. The zero-order chi connectivity index (χ0) is 8.97. The summed E-state index contributed by atoms with van der Waals surface area (Å²) in [6.07, 6.45) is 5.88. The van der Waals surface area contributed by atoms with Crippen molar-refractivity contribution in [2.45, 2.75) is 52.0 Å². The van der Waals surface area contributed by atoms with Crippen molar-refractivity contribution < 1.29 is 0 Å². The lowest BCUT2D eigenvalue weighted by Crippen LogP contribution is -2.14. The van der Waals surface area contributed by atoms with Crippen molar-refractivity contribution in [3.8, 4) is 0 Å². The van der Waals surface area contributed by atoms with E-state index in [4.69, 9.17) is 5.73 Å². The van der Waals surface area contributed by atoms with Crippen LogP contribution in [0.1, 0.15) is 46.0 Å². The number of hydrogen-bond donors (Lipinski definition) is 1. The van der Waals surface area contributed by atoms with Crippen LogP contribution in [0.15, 0.2) is 4.99 Å². The first kappa shape index (κ1) is 9.56. The van der Waals surface area contributed by atoms with E-state index in [1.54, 1.807) is 0 Å². The summed E-state index contributed by atoms with van der Waals surface area (Å²) in [7, 11) is 0. The van der Waals surface area contributed by atoms with Gasteiger partial charge in [0.1, 0.15) is 0 Å². The van der Waals surface area contributed by atoms with Crippen LogP contribution in [0.3, 0.4) is 0 Å². The molecule has 2 nitrogen and oxygen atoms in total. The molecule has 0 aromatic heterocycles. The Hall–Kier alpha value is -0.530. The van der Waals surface area contributed by atoms with Gasteiger partial charge < -0.3 is 5.73 Å². The lowest BCUT2D eigenvalue weighted by atomic mass is 10.1. The maximum absolute atomic E-state index is 5.76. The number of nitrogens with zero attached hydrogens (tertiary/aromatic N) is 1. The third-order valence-electron chi connectivity index (χ3n) is 2.52. The Morgan fingerprint density at radius 2 is 2.25 bits per heavy atom. The average molecular weight is 168 g/mol. The number of amidine groups is 1. The van der Waals surface area contributed by atoms with Crippen LogP contribution >= 0.6 is 0 Å². The fraction of sp³-hybridized carbons (Fsp3) is 0.900. The van der Waals surface area contributed by atoms with Gasteiger partial charge in [-0.25, -0.2) is 0 Å². The lowest BCUT2D eigenvalue weighted by molar-refractivity contribution is 0.594. The van der Waals surface area contributed by atoms with Gasteiger partial charge >= 0.3 is 0 Å². The molecule has 70 valence electrons. The smallest absolute Gasteiger partial charge is 0.0940 e. The molecule has 0 aromatic rings. The van der Waals surface area contributed by atoms with Crippen molar-refractivity contribution in [3.63, 3.8) is 0 Å². The molecule has 0 saturated heterocycles. The van der Waals surface area contributed by atoms with Crippen LogP contribution in [0.4, 0.5) is 0 Å². The van der Waals surface area contributed by atoms with Crippen LogP contribution < -0.4 is 5.73 Å². The molecule has 1 fully saturated rings. The van der Waals surface area contributed by atoms with Gasteiger partial charge in [0.05, 0.1) is 11.9 Å². The largest absolute Gasteiger partial charge is 0.387 e. The molecule has 0 bridgehead atoms. The van der Waals surface area contributed by atoms with Crippen molar-refractivity contribution in [1.82, 2.24) is 0 Å². The predicted molar refractivity (Wildman–Crippen MR) is 53.3 cm³/mol. The molecule has 2 atom stereocenters. The zero-order valence-corrected chi connectivity index (χ0v) is 8.21. The summed E-state index contributed by atoms with van der Waals surface area (Å²) in [5.41, 5.74) is 5.76. The van der Waals surface area contributed by atoms with Crippen LogP contribution in [0.2, 0.25) is 0 Å². The van der Waals surface area contributed by atoms with Crippen LogP contribution in [0, 0.1) is 5.92 Å². The van der Waals surface area contributed by atoms with Crippen LogP contribution in [0.5, 0.6) is 0 Å². The second-order valence-electron chi connectivity index (χ2n) is 3.94. The highest BCUT2D eigenvalue weighted by molar-refractivity contribution is 5.80. The Morgan fingerprint density at radius 1 is 1.50 bits per heavy atom. The summed E-state index contributed by atoms with van der Waals surface area (Å²) in [6, 6.07) is 0.534. The van der Waals surface area contributed by atoms with Gasteiger partial charge in [-0.15, -0.1) is 0 Å². The van der Waals surface area contributed by atoms with Crippen molar-refractivity contribution in [1.29, 1.82) is 0 Å². The first-order valence-corrected chi connectivity index (χ1v) is 5.04. The molecule has 12 heavy (non-hydrogen) atoms. The summed E-state index contributed by atoms with van der Waals surface area (Å²) in [5.74, 6) is 1.71. The molecule has 1 aliphatic rings. The molecule has 1 rings (SSSR count). The van der Waals surface area contributed by atoms with E-state index in [2.05, 4.69) is 18.8 Å². The van der Waals surface area contributed by atoms with E-state index >= 15 is 0 Å². The minimum Gasteiger partial charge on any atom is -0.387 e. The second kappa shape index (κ2) is 4.48. The molecular formula is C10H20N2. The lowest BCUT2D eigenvalue weighted by Gasteiger charge is -2.04. The molecule has 2 unspecified atom stereocenters. The van der Waals surface area contributed by atoms with Crippen LogP contribution in [0.25, 0.3) is 0 Å². The third-order valence-corrected chi connectivity index (χ3v) is 2.52. The molecule has 2 heteroatoms. The third kappa shape index (κ3) is 2.84. The highest BCUT2D eigenvalue weighted by Gasteiger charge is 2.20. The summed E-state index contributed by atoms with van der Waals surface area (Å²) in [6.45, 7) is 4.44. The highest BCUT2D eigenvalue weighted by atomic mass is 14.9. The predicted octanol–water partition coefficient (Wildman–Crippen LogP) is 2.33. The van der Waals surface area contributed by atoms with Gasteiger partial charge in [0.2, 0.25) is 0 Å². The fourth-order valence-corrected chi connectivity index (χ4v) is 1.85. The molecule has 0 radical (unpaired) electrons. The fourth-order valence-electron chi connectivity index (χ4n) is 1.85. The number of aliphatic imine (C=N–C) groups is 1. The summed E-state index contributed by atoms with van der Waals surface area (Å²) < 4.78 is 0. The van der Waals surface area contributed by atoms with Gasteiger partial charge in [-0.1, -0.05) is 13.8 Å². The summed E-state index contributed by atoms with van der Waals surface area (Å²) in [4.78, 5) is 4.51. The van der Waals surface area contributed by atoms with E-state index in [1.165, 1.54) is 19.3 Å². The summed E-state index contributed by atoms with van der Waals surface area (Å²) >= 11 is 0. The molecule has 0 heterocycles. The quantitative estimate of drug-likeness (QED) is 0.510. The Bertz CT molecular complexity index is 163. The zero-order valence-electron chi connectivity index (χ0n) is 8.21. The topological polar surface area (TPSA) is 38.4 Å². The molecule has 0 aromatic carbocycles. The number of hydrogen-bond acceptors (Lipinski definition) is 1. The first-order chi connectivity index (χ1) is 5.72. The van der Waals surface area contributed by atoms with E-state index in [-0.39, 0.29) is 0 Å². The van der Waals surface area contributed by atoms with E-state index < -0.39 is 0 Å². The Kier molecular flexibility index (Phi) is 3.57. The van der Waals surface area contributed by atoms with Gasteiger partial charge in [0.25, 0.3) is 0 Å². The second-order valence-corrected chi connectivity index (χ2v) is 3.94. The highest BCUT2D eigenvalue weighted by Crippen LogP contribution is 2.27. The van der Waals surface area contributed by atoms with Crippen molar-refractivity contribution >= 4 is 5.84 Å². The standard InChI is InChI=1S/C10H20N2/c1-3-4-10(11)12-9-6-5-8(2)7-9/h8-9H,3-7H2,1-2H3,(H2,11,12). The van der Waals surface area contributed by atoms with Gasteiger partial charge in [-0.3, -0.25) is 4.99 Å². The Labute approximate surface area is 75.3 Å². The molecular weight excluding hydrogens is 148 g/mol. The summed E-state index contributed by atoms with van der Waals surface area (Å²) in [5, 5.41) is 0. The maximum atomic E-state index is 5.76. The Morgan fingerprint density at radius 3 is 2.75 bits per heavy atom. The Balaban J connectivity index is 2.34. The van der Waals surface area contributed by atoms with Crippen molar-refractivity contribution in [2.24, 2.45) is 16.6 Å². The SMILES string of the molecule is CCCC(N)=NC1CCC(C)C1. The van der Waals surface area contributed by atoms with Crippen LogP contribution in [-0.4, -0.2) is 11.9 Å². The molecule has 0 aliphatic heterocycles. The monoisotopic (exact) mass is 168 g/mol. The first-order valence-electron chi connectivity index (χ1n) is 5.04. The minimum absolute atomic E-state index is 0.534. The number of nitrogens with two attached hydrogens (primary N) is 1. The normalized spacial score (nSPS) is 31.0. The van der Waals surface area contributed by atoms with Crippen molar-refractivity contribution in [2.75, 3.05) is 0 Å². The van der Waals surface area contributed by atoms with Crippen LogP contribution in [-0.2, 0) is 0 Å². The van der Waals surface area contributed by atoms with E-state index in [0.29, 0.717) is 6.04 Å². The molecule has 1 saturated carbocycles. The van der Waals surface area contributed by atoms with E-state index in [1.807, 2.05) is 0 Å². The number of rotatable bonds is 3. The van der Waals surface area contributed by atoms with E-state index in [0.717, 1.165) is 24.6 Å². The van der Waals surface area contributed by atoms with Gasteiger partial charge in [0.15, 0.2) is 0 Å². The maximum Gasteiger partial charge on any atom is 0.0940 e. The van der Waals surface area contributed by atoms with Crippen molar-refractivity contribution in [3.05, 3.63) is 0 Å². The van der Waals surface area contributed by atoms with E-state index in [9.17, 15) is 0 Å².